The van der Waals surface area contributed by atoms with Crippen LogP contribution in [0.3, 0.4) is 0 Å². The first-order chi connectivity index (χ1) is 10.5. The van der Waals surface area contributed by atoms with Crippen LogP contribution in [0, 0.1) is 23.2 Å². The van der Waals surface area contributed by atoms with Gasteiger partial charge in [-0.15, -0.1) is 0 Å². The summed E-state index contributed by atoms with van der Waals surface area (Å²) in [6.45, 7) is 3.87. The zero-order chi connectivity index (χ0) is 16.1. The zero-order valence-corrected chi connectivity index (χ0v) is 12.6. The maximum absolute atomic E-state index is 12.2. The van der Waals surface area contributed by atoms with Gasteiger partial charge in [-0.05, 0) is 43.5 Å². The molecule has 0 heterocycles. The molecule has 0 saturated heterocycles. The maximum Gasteiger partial charge on any atom is 0.317 e. The van der Waals surface area contributed by atoms with Gasteiger partial charge in [0.1, 0.15) is 5.92 Å². The highest BCUT2D eigenvalue weighted by atomic mass is 16.5. The van der Waals surface area contributed by atoms with E-state index in [0.717, 1.165) is 11.4 Å². The van der Waals surface area contributed by atoms with E-state index in [1.54, 1.807) is 31.2 Å². The molecule has 1 aromatic carbocycles. The fourth-order valence-electron chi connectivity index (χ4n) is 2.55. The van der Waals surface area contributed by atoms with Gasteiger partial charge in [0.05, 0.1) is 18.2 Å². The Labute approximate surface area is 129 Å². The molecular formula is C17H18N2O3. The molecule has 2 atom stereocenters. The van der Waals surface area contributed by atoms with Gasteiger partial charge in [0, 0.05) is 17.5 Å². The van der Waals surface area contributed by atoms with E-state index < -0.39 is 11.9 Å². The van der Waals surface area contributed by atoms with Crippen LogP contribution in [0.2, 0.25) is 0 Å². The minimum atomic E-state index is -0.716. The van der Waals surface area contributed by atoms with E-state index in [1.807, 2.05) is 6.92 Å². The fraction of sp³-hybridized carbons (Fsp3) is 0.353. The second-order valence-electron chi connectivity index (χ2n) is 5.30. The van der Waals surface area contributed by atoms with Crippen LogP contribution in [-0.4, -0.2) is 18.4 Å². The van der Waals surface area contributed by atoms with E-state index in [0.29, 0.717) is 12.0 Å². The lowest BCUT2D eigenvalue weighted by molar-refractivity contribution is -0.152. The minimum absolute atomic E-state index is 0.113. The molecule has 0 spiro atoms. The van der Waals surface area contributed by atoms with Gasteiger partial charge >= 0.3 is 5.97 Å². The second-order valence-corrected chi connectivity index (χ2v) is 5.30. The number of nitriles is 1. The third-order valence-corrected chi connectivity index (χ3v) is 3.59. The third-order valence-electron chi connectivity index (χ3n) is 3.59. The summed E-state index contributed by atoms with van der Waals surface area (Å²) in [6.07, 6.45) is 2.06. The largest absolute Gasteiger partial charge is 0.465 e. The van der Waals surface area contributed by atoms with Crippen molar-refractivity contribution in [2.75, 3.05) is 11.9 Å². The number of hydrogen-bond acceptors (Lipinski definition) is 5. The molecule has 1 N–H and O–H groups in total. The number of ketones is 1. The molecule has 1 aliphatic rings. The summed E-state index contributed by atoms with van der Waals surface area (Å²) in [4.78, 5) is 24.0. The Kier molecular flexibility index (Phi) is 4.95. The van der Waals surface area contributed by atoms with Gasteiger partial charge in [0.2, 0.25) is 0 Å². The Hall–Kier alpha value is -2.61. The molecular weight excluding hydrogens is 280 g/mol. The van der Waals surface area contributed by atoms with Crippen LogP contribution in [0.5, 0.6) is 0 Å². The number of hydrogen-bond donors (Lipinski definition) is 1. The first-order valence-electron chi connectivity index (χ1n) is 7.23. The number of allylic oxidation sites excluding steroid dienone is 2. The Morgan fingerprint density at radius 3 is 2.64 bits per heavy atom. The van der Waals surface area contributed by atoms with Crippen molar-refractivity contribution in [2.45, 2.75) is 20.3 Å². The highest BCUT2D eigenvalue weighted by Crippen LogP contribution is 2.29. The van der Waals surface area contributed by atoms with Crippen LogP contribution in [-0.2, 0) is 14.3 Å². The molecule has 2 rings (SSSR count). The summed E-state index contributed by atoms with van der Waals surface area (Å²) in [7, 11) is 0. The van der Waals surface area contributed by atoms with E-state index in [2.05, 4.69) is 11.4 Å². The van der Waals surface area contributed by atoms with Gasteiger partial charge in [-0.3, -0.25) is 9.59 Å². The number of carbonyl (C=O) groups is 2. The molecule has 0 aromatic heterocycles. The summed E-state index contributed by atoms with van der Waals surface area (Å²) in [5, 5.41) is 11.9. The van der Waals surface area contributed by atoms with Gasteiger partial charge in [-0.1, -0.05) is 6.92 Å². The Morgan fingerprint density at radius 1 is 1.41 bits per heavy atom. The normalized spacial score (nSPS) is 20.8. The molecule has 0 saturated carbocycles. The molecule has 0 bridgehead atoms. The molecule has 114 valence electrons. The molecule has 1 aromatic rings. The predicted octanol–water partition coefficient (Wildman–Crippen LogP) is 2.64. The summed E-state index contributed by atoms with van der Waals surface area (Å²) < 4.78 is 4.96. The van der Waals surface area contributed by atoms with Crippen LogP contribution in [0.15, 0.2) is 36.0 Å². The Bertz CT molecular complexity index is 641. The maximum atomic E-state index is 12.2. The second kappa shape index (κ2) is 6.90. The topological polar surface area (TPSA) is 79.2 Å². The lowest BCUT2D eigenvalue weighted by Crippen LogP contribution is -2.34. The summed E-state index contributed by atoms with van der Waals surface area (Å²) in [5.74, 6) is -1.51. The van der Waals surface area contributed by atoms with Crippen molar-refractivity contribution >= 4 is 17.4 Å². The van der Waals surface area contributed by atoms with Crippen molar-refractivity contribution in [3.05, 3.63) is 41.6 Å². The smallest absolute Gasteiger partial charge is 0.317 e. The van der Waals surface area contributed by atoms with Crippen LogP contribution in [0.25, 0.3) is 0 Å². The number of benzene rings is 1. The Balaban J connectivity index is 2.10. The predicted molar refractivity (Wildman–Crippen MR) is 81.8 cm³/mol. The molecule has 0 aliphatic heterocycles. The van der Waals surface area contributed by atoms with E-state index in [9.17, 15) is 9.59 Å². The van der Waals surface area contributed by atoms with Gasteiger partial charge in [0.15, 0.2) is 5.78 Å². The number of anilines is 1. The van der Waals surface area contributed by atoms with E-state index in [4.69, 9.17) is 10.00 Å². The number of nitrogens with zero attached hydrogens (tertiary/aromatic N) is 1. The first kappa shape index (κ1) is 15.8. The Morgan fingerprint density at radius 2 is 2.09 bits per heavy atom. The lowest BCUT2D eigenvalue weighted by Gasteiger charge is -2.26. The van der Waals surface area contributed by atoms with Gasteiger partial charge in [-0.2, -0.15) is 5.26 Å². The summed E-state index contributed by atoms with van der Waals surface area (Å²) >= 11 is 0. The number of ether oxygens (including phenoxy) is 1. The van der Waals surface area contributed by atoms with Gasteiger partial charge < -0.3 is 10.1 Å². The summed E-state index contributed by atoms with van der Waals surface area (Å²) in [5.41, 5.74) is 2.15. The average molecular weight is 298 g/mol. The van der Waals surface area contributed by atoms with Crippen molar-refractivity contribution < 1.29 is 14.3 Å². The van der Waals surface area contributed by atoms with Crippen molar-refractivity contribution in [3.63, 3.8) is 0 Å². The van der Waals surface area contributed by atoms with Gasteiger partial charge in [0.25, 0.3) is 0 Å². The summed E-state index contributed by atoms with van der Waals surface area (Å²) in [6, 6.07) is 9.04. The van der Waals surface area contributed by atoms with Crippen molar-refractivity contribution in [3.8, 4) is 6.07 Å². The molecule has 1 aliphatic carbocycles. The van der Waals surface area contributed by atoms with E-state index >= 15 is 0 Å². The van der Waals surface area contributed by atoms with Crippen molar-refractivity contribution in [2.24, 2.45) is 11.8 Å². The number of nitrogens with one attached hydrogen (secondary N) is 1. The number of esters is 1. The molecule has 0 fully saturated rings. The van der Waals surface area contributed by atoms with E-state index in [-0.39, 0.29) is 18.3 Å². The quantitative estimate of drug-likeness (QED) is 0.683. The molecule has 2 unspecified atom stereocenters. The molecule has 0 amide bonds. The minimum Gasteiger partial charge on any atom is -0.465 e. The zero-order valence-electron chi connectivity index (χ0n) is 12.6. The fourth-order valence-corrected chi connectivity index (χ4v) is 2.55. The van der Waals surface area contributed by atoms with E-state index in [1.165, 1.54) is 6.08 Å². The monoisotopic (exact) mass is 298 g/mol. The van der Waals surface area contributed by atoms with Crippen molar-refractivity contribution in [1.29, 1.82) is 5.26 Å². The van der Waals surface area contributed by atoms with Gasteiger partial charge in [-0.25, -0.2) is 0 Å². The molecule has 5 heteroatoms. The standard InChI is InChI=1S/C17H18N2O3/c1-3-22-17(21)16-11(2)8-14(9-15(16)20)19-13-6-4-12(10-18)5-7-13/h4-7,9,11,16,19H,3,8H2,1-2H3. The molecule has 0 radical (unpaired) electrons. The third kappa shape index (κ3) is 3.53. The molecule has 5 nitrogen and oxygen atoms in total. The highest BCUT2D eigenvalue weighted by molar-refractivity contribution is 6.06. The van der Waals surface area contributed by atoms with Crippen LogP contribution >= 0.6 is 0 Å². The highest BCUT2D eigenvalue weighted by Gasteiger charge is 2.36. The first-order valence-corrected chi connectivity index (χ1v) is 7.23. The molecule has 22 heavy (non-hydrogen) atoms. The van der Waals surface area contributed by atoms with Crippen LogP contribution in [0.1, 0.15) is 25.8 Å². The van der Waals surface area contributed by atoms with Crippen LogP contribution < -0.4 is 5.32 Å². The number of rotatable bonds is 4. The lowest BCUT2D eigenvalue weighted by atomic mass is 9.82. The van der Waals surface area contributed by atoms with Crippen LogP contribution in [0.4, 0.5) is 5.69 Å². The SMILES string of the molecule is CCOC(=O)C1C(=O)C=C(Nc2ccc(C#N)cc2)CC1C. The van der Waals surface area contributed by atoms with Crippen molar-refractivity contribution in [1.82, 2.24) is 0 Å². The average Bonchev–Trinajstić information content (AvgIpc) is 2.47. The number of carbonyl (C=O) groups excluding carboxylic acids is 2.